The van der Waals surface area contributed by atoms with Crippen LogP contribution < -0.4 is 5.32 Å². The summed E-state index contributed by atoms with van der Waals surface area (Å²) in [5.74, 6) is 0. The van der Waals surface area contributed by atoms with Crippen LogP contribution in [0.1, 0.15) is 5.56 Å². The lowest BCUT2D eigenvalue weighted by molar-refractivity contribution is 0.367. The molecule has 0 aromatic heterocycles. The number of nitrogens with zero attached hydrogens (tertiary/aromatic N) is 2. The van der Waals surface area contributed by atoms with Gasteiger partial charge in [0.1, 0.15) is 17.7 Å². The van der Waals surface area contributed by atoms with Crippen molar-refractivity contribution in [2.24, 2.45) is 0 Å². The minimum absolute atomic E-state index is 0.0725. The van der Waals surface area contributed by atoms with Crippen LogP contribution in [0.4, 0.5) is 4.39 Å². The molecule has 0 aliphatic carbocycles. The van der Waals surface area contributed by atoms with Gasteiger partial charge in [-0.1, -0.05) is 36.4 Å². The first-order valence-corrected chi connectivity index (χ1v) is 6.06. The SMILES string of the molecule is CNC([18F])C(=C(C#N)C#N)c1ccc2ccccc2c1. The largest absolute Gasteiger partial charge is 0.287 e. The molecule has 2 aromatic rings. The molecule has 0 aliphatic rings. The number of halogens is 1. The van der Waals surface area contributed by atoms with E-state index in [4.69, 9.17) is 10.5 Å². The predicted molar refractivity (Wildman–Crippen MR) is 76.0 cm³/mol. The van der Waals surface area contributed by atoms with E-state index in [1.54, 1.807) is 24.3 Å². The van der Waals surface area contributed by atoms with Crippen LogP contribution in [0.25, 0.3) is 16.3 Å². The highest BCUT2D eigenvalue weighted by Gasteiger charge is 2.18. The Bertz CT molecular complexity index is 734. The predicted octanol–water partition coefficient (Wildman–Crippen LogP) is 3.16. The Morgan fingerprint density at radius 2 is 1.75 bits per heavy atom. The highest BCUT2D eigenvalue weighted by Crippen LogP contribution is 2.26. The van der Waals surface area contributed by atoms with Crippen LogP contribution in [0.2, 0.25) is 0 Å². The Balaban J connectivity index is 2.67. The van der Waals surface area contributed by atoms with Gasteiger partial charge in [0.2, 0.25) is 0 Å². The van der Waals surface area contributed by atoms with Crippen LogP contribution in [0.3, 0.4) is 0 Å². The highest BCUT2D eigenvalue weighted by atomic mass is 18.2. The van der Waals surface area contributed by atoms with Crippen LogP contribution in [-0.2, 0) is 0 Å². The van der Waals surface area contributed by atoms with Crippen molar-refractivity contribution >= 4 is 16.3 Å². The molecule has 4 heteroatoms. The number of alkyl halides is 1. The van der Waals surface area contributed by atoms with E-state index in [0.29, 0.717) is 5.56 Å². The number of hydrogen-bond acceptors (Lipinski definition) is 3. The van der Waals surface area contributed by atoms with E-state index in [0.717, 1.165) is 10.8 Å². The number of likely N-dealkylation sites (N-methyl/N-ethyl adjacent to an activating group) is 1. The van der Waals surface area contributed by atoms with Gasteiger partial charge in [0.05, 0.1) is 0 Å². The van der Waals surface area contributed by atoms with Gasteiger partial charge in [-0.25, -0.2) is 4.39 Å². The highest BCUT2D eigenvalue weighted by molar-refractivity contribution is 5.88. The molecule has 3 nitrogen and oxygen atoms in total. The quantitative estimate of drug-likeness (QED) is 0.684. The van der Waals surface area contributed by atoms with E-state index in [2.05, 4.69) is 5.32 Å². The number of benzene rings is 2. The Kier molecular flexibility index (Phi) is 4.10. The molecule has 1 unspecified atom stereocenters. The molecular formula is C16H12FN3. The van der Waals surface area contributed by atoms with Gasteiger partial charge >= 0.3 is 0 Å². The van der Waals surface area contributed by atoms with Gasteiger partial charge in [-0.3, -0.25) is 5.32 Å². The van der Waals surface area contributed by atoms with Gasteiger partial charge in [0.25, 0.3) is 0 Å². The van der Waals surface area contributed by atoms with Crippen molar-refractivity contribution in [3.8, 4) is 12.1 Å². The third-order valence-corrected chi connectivity index (χ3v) is 3.06. The lowest BCUT2D eigenvalue weighted by Crippen LogP contribution is -2.22. The zero-order valence-electron chi connectivity index (χ0n) is 10.9. The molecule has 0 bridgehead atoms. The van der Waals surface area contributed by atoms with E-state index in [-0.39, 0.29) is 11.1 Å². The number of allylic oxidation sites excluding steroid dienone is 1. The lowest BCUT2D eigenvalue weighted by Gasteiger charge is -2.13. The van der Waals surface area contributed by atoms with Crippen LogP contribution >= 0.6 is 0 Å². The van der Waals surface area contributed by atoms with E-state index >= 15 is 0 Å². The summed E-state index contributed by atoms with van der Waals surface area (Å²) in [5, 5.41) is 22.4. The van der Waals surface area contributed by atoms with Gasteiger partial charge in [0, 0.05) is 5.57 Å². The fraction of sp³-hybridized carbons (Fsp3) is 0.125. The van der Waals surface area contributed by atoms with Crippen molar-refractivity contribution < 1.29 is 4.39 Å². The smallest absolute Gasteiger partial charge is 0.179 e. The Labute approximate surface area is 116 Å². The molecule has 20 heavy (non-hydrogen) atoms. The Morgan fingerprint density at radius 3 is 2.35 bits per heavy atom. The zero-order chi connectivity index (χ0) is 14.5. The van der Waals surface area contributed by atoms with Gasteiger partial charge in [-0.05, 0) is 29.4 Å². The summed E-state index contributed by atoms with van der Waals surface area (Å²) in [7, 11) is 1.44. The van der Waals surface area contributed by atoms with E-state index < -0.39 is 6.30 Å². The summed E-state index contributed by atoms with van der Waals surface area (Å²) in [6.07, 6.45) is -1.56. The molecule has 0 radical (unpaired) electrons. The monoisotopic (exact) mass is 264 g/mol. The van der Waals surface area contributed by atoms with Crippen molar-refractivity contribution in [2.75, 3.05) is 7.05 Å². The summed E-state index contributed by atoms with van der Waals surface area (Å²) < 4.78 is 14.0. The van der Waals surface area contributed by atoms with Crippen LogP contribution in [0.5, 0.6) is 0 Å². The minimum Gasteiger partial charge on any atom is -0.287 e. The molecule has 0 saturated heterocycles. The van der Waals surface area contributed by atoms with E-state index in [1.165, 1.54) is 7.05 Å². The second-order valence-corrected chi connectivity index (χ2v) is 4.23. The lowest BCUT2D eigenvalue weighted by atomic mass is 9.97. The molecule has 0 saturated carbocycles. The molecular weight excluding hydrogens is 252 g/mol. The number of nitrogens with one attached hydrogen (secondary N) is 1. The van der Waals surface area contributed by atoms with Crippen LogP contribution in [0.15, 0.2) is 48.0 Å². The second-order valence-electron chi connectivity index (χ2n) is 4.23. The summed E-state index contributed by atoms with van der Waals surface area (Å²) in [6.45, 7) is 0. The van der Waals surface area contributed by atoms with Gasteiger partial charge in [0.15, 0.2) is 6.30 Å². The van der Waals surface area contributed by atoms with Crippen molar-refractivity contribution in [3.05, 3.63) is 53.6 Å². The maximum Gasteiger partial charge on any atom is 0.179 e. The number of hydrogen-bond donors (Lipinski definition) is 1. The first kappa shape index (κ1) is 13.7. The normalized spacial score (nSPS) is 11.4. The maximum atomic E-state index is 14.0. The average molecular weight is 264 g/mol. The van der Waals surface area contributed by atoms with E-state index in [1.807, 2.05) is 30.3 Å². The third kappa shape index (κ3) is 2.51. The number of fused-ring (bicyclic) bond motifs is 1. The molecule has 2 aromatic carbocycles. The topological polar surface area (TPSA) is 59.6 Å². The number of rotatable bonds is 3. The molecule has 0 aliphatic heterocycles. The van der Waals surface area contributed by atoms with E-state index in [9.17, 15) is 4.39 Å². The zero-order valence-corrected chi connectivity index (χ0v) is 10.9. The van der Waals surface area contributed by atoms with Crippen molar-refractivity contribution in [3.63, 3.8) is 0 Å². The van der Waals surface area contributed by atoms with Gasteiger partial charge < -0.3 is 0 Å². The molecule has 0 heterocycles. The molecule has 0 spiro atoms. The number of nitriles is 2. The fourth-order valence-corrected chi connectivity index (χ4v) is 2.06. The van der Waals surface area contributed by atoms with Crippen molar-refractivity contribution in [1.29, 1.82) is 10.5 Å². The molecule has 1 atom stereocenters. The minimum atomic E-state index is -1.56. The maximum absolute atomic E-state index is 14.0. The molecule has 1 N–H and O–H groups in total. The molecule has 2 rings (SSSR count). The van der Waals surface area contributed by atoms with Crippen LogP contribution in [0, 0.1) is 22.7 Å². The fourth-order valence-electron chi connectivity index (χ4n) is 2.06. The Hall–Kier alpha value is -2.69. The third-order valence-electron chi connectivity index (χ3n) is 3.06. The first-order valence-electron chi connectivity index (χ1n) is 6.06. The molecule has 0 amide bonds. The summed E-state index contributed by atoms with van der Waals surface area (Å²) in [5.41, 5.74) is 0.383. The van der Waals surface area contributed by atoms with Gasteiger partial charge in [-0.2, -0.15) is 10.5 Å². The van der Waals surface area contributed by atoms with Crippen molar-refractivity contribution in [2.45, 2.75) is 6.30 Å². The average Bonchev–Trinajstić information content (AvgIpc) is 2.51. The second kappa shape index (κ2) is 5.97. The van der Waals surface area contributed by atoms with Crippen LogP contribution in [-0.4, -0.2) is 13.3 Å². The molecule has 0 fully saturated rings. The molecule has 98 valence electrons. The first-order chi connectivity index (χ1) is 9.71. The summed E-state index contributed by atoms with van der Waals surface area (Å²) >= 11 is 0. The Morgan fingerprint density at radius 1 is 1.10 bits per heavy atom. The van der Waals surface area contributed by atoms with Crippen molar-refractivity contribution in [1.82, 2.24) is 5.32 Å². The van der Waals surface area contributed by atoms with Gasteiger partial charge in [-0.15, -0.1) is 0 Å². The summed E-state index contributed by atoms with van der Waals surface area (Å²) in [4.78, 5) is 0. The summed E-state index contributed by atoms with van der Waals surface area (Å²) in [6, 6.07) is 16.5. The standard InChI is InChI=1S/C16H12FN3/c1-20-16(17)15(14(9-18)10-19)13-7-6-11-4-2-3-5-12(11)8-13/h2-8,16,20H,1H3/i17-1.